The summed E-state index contributed by atoms with van der Waals surface area (Å²) < 4.78 is 43.6. The van der Waals surface area contributed by atoms with Gasteiger partial charge in [0.1, 0.15) is 12.4 Å². The Morgan fingerprint density at radius 1 is 1.26 bits per heavy atom. The summed E-state index contributed by atoms with van der Waals surface area (Å²) in [7, 11) is 0. The summed E-state index contributed by atoms with van der Waals surface area (Å²) in [6, 6.07) is 6.51. The van der Waals surface area contributed by atoms with Gasteiger partial charge in [-0.2, -0.15) is 13.2 Å². The lowest BCUT2D eigenvalue weighted by Gasteiger charge is -2.14. The number of rotatable bonds is 6. The van der Waals surface area contributed by atoms with E-state index in [4.69, 9.17) is 10.5 Å². The van der Waals surface area contributed by atoms with E-state index in [-0.39, 0.29) is 24.5 Å². The molecule has 8 heteroatoms. The van der Waals surface area contributed by atoms with Crippen LogP contribution in [0.5, 0.6) is 5.75 Å². The Balaban J connectivity index is 1.96. The molecule has 0 aliphatic rings. The molecule has 0 unspecified atom stereocenters. The second-order valence-electron chi connectivity index (χ2n) is 4.55. The Morgan fingerprint density at radius 2 is 2.00 bits per heavy atom. The maximum Gasteiger partial charge on any atom is 0.419 e. The van der Waals surface area contributed by atoms with Gasteiger partial charge in [-0.25, -0.2) is 0 Å². The van der Waals surface area contributed by atoms with E-state index < -0.39 is 17.6 Å². The number of carbonyl (C=O) groups excluding carboxylic acids is 1. The second-order valence-corrected chi connectivity index (χ2v) is 4.55. The van der Waals surface area contributed by atoms with Crippen LogP contribution in [-0.4, -0.2) is 24.0 Å². The molecular formula is C15H14F3N3O2. The number of benzene rings is 1. The predicted molar refractivity (Wildman–Crippen MR) is 78.2 cm³/mol. The highest BCUT2D eigenvalue weighted by Crippen LogP contribution is 2.35. The minimum absolute atomic E-state index is 0.0202. The van der Waals surface area contributed by atoms with Crippen molar-refractivity contribution in [3.63, 3.8) is 0 Å². The highest BCUT2D eigenvalue weighted by atomic mass is 19.4. The predicted octanol–water partition coefficient (Wildman–Crippen LogP) is 2.69. The number of nitrogens with zero attached hydrogens (tertiary/aromatic N) is 1. The number of halogens is 3. The lowest BCUT2D eigenvalue weighted by molar-refractivity contribution is -0.138. The third-order valence-electron chi connectivity index (χ3n) is 2.95. The first-order valence-corrected chi connectivity index (χ1v) is 6.66. The fourth-order valence-electron chi connectivity index (χ4n) is 1.92. The first kappa shape index (κ1) is 16.6. The largest absolute Gasteiger partial charge is 0.491 e. The van der Waals surface area contributed by atoms with Crippen LogP contribution in [0.2, 0.25) is 0 Å². The van der Waals surface area contributed by atoms with E-state index in [1.54, 1.807) is 6.07 Å². The van der Waals surface area contributed by atoms with E-state index in [1.807, 2.05) is 0 Å². The van der Waals surface area contributed by atoms with Crippen molar-refractivity contribution in [2.75, 3.05) is 18.5 Å². The Bertz CT molecular complexity index is 690. The SMILES string of the molecule is NC(=O)c1cnccc1NCCOc1ccccc1C(F)(F)F. The third kappa shape index (κ3) is 4.35. The summed E-state index contributed by atoms with van der Waals surface area (Å²) >= 11 is 0. The van der Waals surface area contributed by atoms with Crippen LogP contribution in [0.4, 0.5) is 18.9 Å². The van der Waals surface area contributed by atoms with Crippen molar-refractivity contribution < 1.29 is 22.7 Å². The van der Waals surface area contributed by atoms with E-state index in [0.29, 0.717) is 5.69 Å². The number of carbonyl (C=O) groups is 1. The topological polar surface area (TPSA) is 77.2 Å². The fourth-order valence-corrected chi connectivity index (χ4v) is 1.92. The first-order chi connectivity index (χ1) is 10.9. The monoisotopic (exact) mass is 325 g/mol. The average molecular weight is 325 g/mol. The summed E-state index contributed by atoms with van der Waals surface area (Å²) in [5, 5.41) is 2.88. The smallest absolute Gasteiger partial charge is 0.419 e. The lowest BCUT2D eigenvalue weighted by Crippen LogP contribution is -2.18. The zero-order valence-electron chi connectivity index (χ0n) is 11.9. The normalized spacial score (nSPS) is 11.1. The minimum Gasteiger partial charge on any atom is -0.491 e. The average Bonchev–Trinajstić information content (AvgIpc) is 2.51. The molecule has 0 saturated heterocycles. The zero-order chi connectivity index (χ0) is 16.9. The number of nitrogens with one attached hydrogen (secondary N) is 1. The van der Waals surface area contributed by atoms with Gasteiger partial charge in [0.25, 0.3) is 5.91 Å². The lowest BCUT2D eigenvalue weighted by atomic mass is 10.2. The van der Waals surface area contributed by atoms with Gasteiger partial charge in [0.05, 0.1) is 16.8 Å². The quantitative estimate of drug-likeness (QED) is 0.801. The number of aromatic nitrogens is 1. The van der Waals surface area contributed by atoms with Crippen molar-refractivity contribution in [1.82, 2.24) is 4.98 Å². The van der Waals surface area contributed by atoms with Crippen molar-refractivity contribution in [2.45, 2.75) is 6.18 Å². The number of amides is 1. The maximum absolute atomic E-state index is 12.8. The van der Waals surface area contributed by atoms with Crippen LogP contribution < -0.4 is 15.8 Å². The molecule has 3 N–H and O–H groups in total. The Labute approximate surface area is 130 Å². The van der Waals surface area contributed by atoms with Gasteiger partial charge in [-0.3, -0.25) is 9.78 Å². The number of anilines is 1. The molecule has 1 aromatic heterocycles. The summed E-state index contributed by atoms with van der Waals surface area (Å²) in [5.74, 6) is -0.893. The van der Waals surface area contributed by atoms with Crippen LogP contribution >= 0.6 is 0 Å². The molecule has 0 spiro atoms. The fraction of sp³-hybridized carbons (Fsp3) is 0.200. The van der Waals surface area contributed by atoms with E-state index in [9.17, 15) is 18.0 Å². The molecule has 0 fully saturated rings. The van der Waals surface area contributed by atoms with E-state index in [0.717, 1.165) is 6.07 Å². The Kier molecular flexibility index (Phi) is 5.05. The van der Waals surface area contributed by atoms with Gasteiger partial charge in [-0.05, 0) is 18.2 Å². The van der Waals surface area contributed by atoms with Gasteiger partial charge in [0.2, 0.25) is 0 Å². The maximum atomic E-state index is 12.8. The summed E-state index contributed by atoms with van der Waals surface area (Å²) in [6.07, 6.45) is -1.70. The number of hydrogen-bond acceptors (Lipinski definition) is 4. The molecule has 122 valence electrons. The summed E-state index contributed by atoms with van der Waals surface area (Å²) in [5.41, 5.74) is 5.01. The van der Waals surface area contributed by atoms with Crippen molar-refractivity contribution in [3.8, 4) is 5.75 Å². The van der Waals surface area contributed by atoms with Gasteiger partial charge in [-0.15, -0.1) is 0 Å². The van der Waals surface area contributed by atoms with Gasteiger partial charge in [0.15, 0.2) is 0 Å². The molecule has 1 heterocycles. The van der Waals surface area contributed by atoms with Gasteiger partial charge < -0.3 is 15.8 Å². The second kappa shape index (κ2) is 6.99. The minimum atomic E-state index is -4.48. The van der Waals surface area contributed by atoms with Crippen molar-refractivity contribution in [3.05, 3.63) is 53.9 Å². The molecular weight excluding hydrogens is 311 g/mol. The molecule has 0 radical (unpaired) electrons. The first-order valence-electron chi connectivity index (χ1n) is 6.66. The third-order valence-corrected chi connectivity index (χ3v) is 2.95. The summed E-state index contributed by atoms with van der Waals surface area (Å²) in [4.78, 5) is 15.0. The van der Waals surface area contributed by atoms with Crippen molar-refractivity contribution >= 4 is 11.6 Å². The number of nitrogens with two attached hydrogens (primary N) is 1. The molecule has 0 aliphatic carbocycles. The summed E-state index contributed by atoms with van der Waals surface area (Å²) in [6.45, 7) is 0.171. The number of primary amides is 1. The molecule has 0 saturated carbocycles. The van der Waals surface area contributed by atoms with Crippen LogP contribution in [0.1, 0.15) is 15.9 Å². The Morgan fingerprint density at radius 3 is 2.70 bits per heavy atom. The Hall–Kier alpha value is -2.77. The van der Waals surface area contributed by atoms with Crippen LogP contribution in [0, 0.1) is 0 Å². The van der Waals surface area contributed by atoms with Crippen LogP contribution in [0.3, 0.4) is 0 Å². The molecule has 2 aromatic rings. The van der Waals surface area contributed by atoms with Gasteiger partial charge in [0, 0.05) is 18.9 Å². The van der Waals surface area contributed by atoms with E-state index in [2.05, 4.69) is 10.3 Å². The molecule has 23 heavy (non-hydrogen) atoms. The molecule has 0 aliphatic heterocycles. The van der Waals surface area contributed by atoms with Crippen molar-refractivity contribution in [2.24, 2.45) is 5.73 Å². The highest BCUT2D eigenvalue weighted by Gasteiger charge is 2.33. The molecule has 2 rings (SSSR count). The van der Waals surface area contributed by atoms with Gasteiger partial charge in [-0.1, -0.05) is 12.1 Å². The van der Waals surface area contributed by atoms with Crippen LogP contribution in [0.15, 0.2) is 42.7 Å². The van der Waals surface area contributed by atoms with E-state index >= 15 is 0 Å². The van der Waals surface area contributed by atoms with Crippen LogP contribution in [-0.2, 0) is 6.18 Å². The number of hydrogen-bond donors (Lipinski definition) is 2. The van der Waals surface area contributed by atoms with Crippen LogP contribution in [0.25, 0.3) is 0 Å². The van der Waals surface area contributed by atoms with E-state index in [1.165, 1.54) is 30.6 Å². The molecule has 0 bridgehead atoms. The van der Waals surface area contributed by atoms with Gasteiger partial charge >= 0.3 is 6.18 Å². The zero-order valence-corrected chi connectivity index (χ0v) is 11.9. The van der Waals surface area contributed by atoms with Crippen molar-refractivity contribution in [1.29, 1.82) is 0 Å². The number of ether oxygens (including phenoxy) is 1. The molecule has 5 nitrogen and oxygen atoms in total. The standard InChI is InChI=1S/C15H14F3N3O2/c16-15(17,18)11-3-1-2-4-13(11)23-8-7-21-12-5-6-20-9-10(12)14(19)22/h1-6,9H,7-8H2,(H2,19,22)(H,20,21). The molecule has 0 atom stereocenters. The highest BCUT2D eigenvalue weighted by molar-refractivity contribution is 5.98. The number of pyridine rings is 1. The molecule has 1 aromatic carbocycles. The number of para-hydroxylation sites is 1. The number of alkyl halides is 3. The molecule has 1 amide bonds.